The van der Waals surface area contributed by atoms with Crippen molar-refractivity contribution in [3.05, 3.63) is 18.2 Å². The summed E-state index contributed by atoms with van der Waals surface area (Å²) in [4.78, 5) is 33.0. The molecule has 1 aromatic heterocycles. The SMILES string of the molecule is CCc1nccn1CCNC(=O)CC1COCCN1C(=O)N1CCCC1. The van der Waals surface area contributed by atoms with E-state index < -0.39 is 0 Å². The minimum Gasteiger partial charge on any atom is -0.377 e. The summed E-state index contributed by atoms with van der Waals surface area (Å²) < 4.78 is 7.56. The predicted molar refractivity (Wildman–Crippen MR) is 96.7 cm³/mol. The van der Waals surface area contributed by atoms with E-state index in [0.29, 0.717) is 32.8 Å². The lowest BCUT2D eigenvalue weighted by atomic mass is 10.1. The van der Waals surface area contributed by atoms with E-state index in [9.17, 15) is 9.59 Å². The van der Waals surface area contributed by atoms with Crippen LogP contribution in [0.25, 0.3) is 0 Å². The van der Waals surface area contributed by atoms with Gasteiger partial charge in [-0.15, -0.1) is 0 Å². The molecule has 2 saturated heterocycles. The van der Waals surface area contributed by atoms with Crippen molar-refractivity contribution in [2.24, 2.45) is 0 Å². The largest absolute Gasteiger partial charge is 0.377 e. The second kappa shape index (κ2) is 9.02. The molecule has 0 bridgehead atoms. The van der Waals surface area contributed by atoms with Gasteiger partial charge >= 0.3 is 6.03 Å². The van der Waals surface area contributed by atoms with Gasteiger partial charge < -0.3 is 24.4 Å². The Labute approximate surface area is 154 Å². The Hall–Kier alpha value is -2.09. The minimum absolute atomic E-state index is 0.0436. The maximum absolute atomic E-state index is 12.7. The molecule has 3 amide bonds. The molecule has 0 spiro atoms. The molecule has 2 fully saturated rings. The Morgan fingerprint density at radius 1 is 1.31 bits per heavy atom. The van der Waals surface area contributed by atoms with E-state index >= 15 is 0 Å². The highest BCUT2D eigenvalue weighted by Gasteiger charge is 2.32. The van der Waals surface area contributed by atoms with Gasteiger partial charge in [-0.2, -0.15) is 0 Å². The summed E-state index contributed by atoms with van der Waals surface area (Å²) in [7, 11) is 0. The van der Waals surface area contributed by atoms with E-state index in [-0.39, 0.29) is 24.4 Å². The number of likely N-dealkylation sites (tertiary alicyclic amines) is 1. The molecule has 1 aromatic rings. The second-order valence-corrected chi connectivity index (χ2v) is 6.84. The van der Waals surface area contributed by atoms with Crippen molar-refractivity contribution >= 4 is 11.9 Å². The van der Waals surface area contributed by atoms with Crippen LogP contribution in [0.2, 0.25) is 0 Å². The van der Waals surface area contributed by atoms with Crippen molar-refractivity contribution in [2.45, 2.75) is 45.2 Å². The summed E-state index contributed by atoms with van der Waals surface area (Å²) in [5.41, 5.74) is 0. The van der Waals surface area contributed by atoms with Gasteiger partial charge in [-0.05, 0) is 12.8 Å². The third kappa shape index (κ3) is 4.55. The first-order valence-corrected chi connectivity index (χ1v) is 9.59. The number of carbonyl (C=O) groups excluding carboxylic acids is 2. The molecule has 3 rings (SSSR count). The molecule has 1 unspecified atom stereocenters. The number of aryl methyl sites for hydroxylation is 1. The van der Waals surface area contributed by atoms with Gasteiger partial charge in [0.2, 0.25) is 5.91 Å². The topological polar surface area (TPSA) is 79.7 Å². The van der Waals surface area contributed by atoms with Gasteiger partial charge in [0.25, 0.3) is 0 Å². The molecule has 26 heavy (non-hydrogen) atoms. The highest BCUT2D eigenvalue weighted by Crippen LogP contribution is 2.17. The lowest BCUT2D eigenvalue weighted by Crippen LogP contribution is -2.54. The van der Waals surface area contributed by atoms with Crippen molar-refractivity contribution in [3.8, 4) is 0 Å². The van der Waals surface area contributed by atoms with E-state index in [1.807, 2.05) is 20.6 Å². The maximum Gasteiger partial charge on any atom is 0.320 e. The smallest absolute Gasteiger partial charge is 0.320 e. The van der Waals surface area contributed by atoms with E-state index in [0.717, 1.165) is 38.2 Å². The molecule has 144 valence electrons. The molecule has 1 N–H and O–H groups in total. The van der Waals surface area contributed by atoms with Crippen LogP contribution >= 0.6 is 0 Å². The number of hydrogen-bond donors (Lipinski definition) is 1. The van der Waals surface area contributed by atoms with Crippen LogP contribution in [0.3, 0.4) is 0 Å². The van der Waals surface area contributed by atoms with Crippen LogP contribution < -0.4 is 5.32 Å². The summed E-state index contributed by atoms with van der Waals surface area (Å²) in [6.07, 6.45) is 6.99. The molecule has 8 nitrogen and oxygen atoms in total. The molecular weight excluding hydrogens is 334 g/mol. The van der Waals surface area contributed by atoms with Gasteiger partial charge in [0.05, 0.1) is 19.3 Å². The van der Waals surface area contributed by atoms with Crippen LogP contribution in [0.1, 0.15) is 32.0 Å². The standard InChI is InChI=1S/C18H29N5O3/c1-2-16-19-5-9-21(16)10-6-20-17(24)13-15-14-26-12-11-23(15)18(25)22-7-3-4-8-22/h5,9,15H,2-4,6-8,10-14H2,1H3,(H,20,24). The lowest BCUT2D eigenvalue weighted by Gasteiger charge is -2.37. The third-order valence-corrected chi connectivity index (χ3v) is 5.06. The fourth-order valence-electron chi connectivity index (χ4n) is 3.63. The van der Waals surface area contributed by atoms with Crippen molar-refractivity contribution in [1.29, 1.82) is 0 Å². The first-order valence-electron chi connectivity index (χ1n) is 9.59. The van der Waals surface area contributed by atoms with Crippen molar-refractivity contribution < 1.29 is 14.3 Å². The number of carbonyl (C=O) groups is 2. The zero-order valence-electron chi connectivity index (χ0n) is 15.5. The molecule has 1 atom stereocenters. The monoisotopic (exact) mass is 363 g/mol. The van der Waals surface area contributed by atoms with E-state index in [4.69, 9.17) is 4.74 Å². The van der Waals surface area contributed by atoms with Gasteiger partial charge in [0.1, 0.15) is 5.82 Å². The molecule has 8 heteroatoms. The molecule has 2 aliphatic heterocycles. The van der Waals surface area contributed by atoms with Crippen LogP contribution in [0.5, 0.6) is 0 Å². The molecule has 3 heterocycles. The zero-order chi connectivity index (χ0) is 18.4. The fraction of sp³-hybridized carbons (Fsp3) is 0.722. The number of amides is 3. The minimum atomic E-state index is -0.184. The highest BCUT2D eigenvalue weighted by molar-refractivity contribution is 5.79. The van der Waals surface area contributed by atoms with Crippen molar-refractivity contribution in [2.75, 3.05) is 39.4 Å². The normalized spacial score (nSPS) is 20.4. The number of ether oxygens (including phenoxy) is 1. The number of morpholine rings is 1. The van der Waals surface area contributed by atoms with Crippen LogP contribution in [0.15, 0.2) is 12.4 Å². The second-order valence-electron chi connectivity index (χ2n) is 6.84. The summed E-state index contributed by atoms with van der Waals surface area (Å²) >= 11 is 0. The number of hydrogen-bond acceptors (Lipinski definition) is 4. The average Bonchev–Trinajstić information content (AvgIpc) is 3.33. The van der Waals surface area contributed by atoms with E-state index in [1.54, 1.807) is 6.20 Å². The van der Waals surface area contributed by atoms with E-state index in [1.165, 1.54) is 0 Å². The number of nitrogens with zero attached hydrogens (tertiary/aromatic N) is 4. The Bertz CT molecular complexity index is 612. The number of nitrogens with one attached hydrogen (secondary N) is 1. The molecule has 0 radical (unpaired) electrons. The number of urea groups is 1. The Balaban J connectivity index is 1.47. The van der Waals surface area contributed by atoms with Gasteiger partial charge in [-0.1, -0.05) is 6.92 Å². The Morgan fingerprint density at radius 2 is 2.12 bits per heavy atom. The van der Waals surface area contributed by atoms with Crippen LogP contribution in [0.4, 0.5) is 4.79 Å². The zero-order valence-corrected chi connectivity index (χ0v) is 15.5. The number of rotatable bonds is 6. The third-order valence-electron chi connectivity index (χ3n) is 5.06. The highest BCUT2D eigenvalue weighted by atomic mass is 16.5. The van der Waals surface area contributed by atoms with Crippen LogP contribution in [-0.4, -0.2) is 76.7 Å². The van der Waals surface area contributed by atoms with Crippen LogP contribution in [-0.2, 0) is 22.5 Å². The van der Waals surface area contributed by atoms with Gasteiger partial charge in [-0.25, -0.2) is 9.78 Å². The summed E-state index contributed by atoms with van der Waals surface area (Å²) in [6, 6.07) is -0.133. The van der Waals surface area contributed by atoms with Gasteiger partial charge in [0.15, 0.2) is 0 Å². The quantitative estimate of drug-likeness (QED) is 0.813. The molecule has 0 saturated carbocycles. The molecular formula is C18H29N5O3. The number of aromatic nitrogens is 2. The Morgan fingerprint density at radius 3 is 2.88 bits per heavy atom. The fourth-order valence-corrected chi connectivity index (χ4v) is 3.63. The first kappa shape index (κ1) is 18.7. The molecule has 0 aromatic carbocycles. The molecule has 0 aliphatic carbocycles. The van der Waals surface area contributed by atoms with Crippen LogP contribution in [0, 0.1) is 0 Å². The lowest BCUT2D eigenvalue weighted by molar-refractivity contribution is -0.123. The van der Waals surface area contributed by atoms with E-state index in [2.05, 4.69) is 17.2 Å². The Kier molecular flexibility index (Phi) is 6.49. The van der Waals surface area contributed by atoms with Gasteiger partial charge in [-0.3, -0.25) is 4.79 Å². The number of imidazole rings is 1. The molecule has 2 aliphatic rings. The predicted octanol–water partition coefficient (Wildman–Crippen LogP) is 0.868. The van der Waals surface area contributed by atoms with Crippen molar-refractivity contribution in [1.82, 2.24) is 24.7 Å². The first-order chi connectivity index (χ1) is 12.7. The van der Waals surface area contributed by atoms with Gasteiger partial charge in [0, 0.05) is 58.0 Å². The summed E-state index contributed by atoms with van der Waals surface area (Å²) in [5.74, 6) is 0.972. The average molecular weight is 363 g/mol. The summed E-state index contributed by atoms with van der Waals surface area (Å²) in [5, 5.41) is 2.95. The summed E-state index contributed by atoms with van der Waals surface area (Å²) in [6.45, 7) is 6.48. The van der Waals surface area contributed by atoms with Crippen molar-refractivity contribution in [3.63, 3.8) is 0 Å². The maximum atomic E-state index is 12.7.